The number of nitrogens with one attached hydrogen (secondary N) is 1. The van der Waals surface area contributed by atoms with E-state index in [1.165, 1.54) is 6.42 Å². The fourth-order valence-electron chi connectivity index (χ4n) is 1.97. The van der Waals surface area contributed by atoms with Gasteiger partial charge in [0.05, 0.1) is 5.92 Å². The standard InChI is InChI=1S/C11H13N3OS/c1-2-8(6-12-4-1)11-13-10(14-15-11)9-3-5-16-7-9/h3,5,7-8,12H,1-2,4,6H2/t8-/m0/s1. The minimum absolute atomic E-state index is 0.383. The molecule has 1 atom stereocenters. The van der Waals surface area contributed by atoms with Crippen molar-refractivity contribution in [3.63, 3.8) is 0 Å². The average molecular weight is 235 g/mol. The lowest BCUT2D eigenvalue weighted by Gasteiger charge is -2.18. The molecule has 1 aliphatic rings. The molecule has 0 radical (unpaired) electrons. The quantitative estimate of drug-likeness (QED) is 0.867. The summed E-state index contributed by atoms with van der Waals surface area (Å²) in [5.41, 5.74) is 1.05. The maximum atomic E-state index is 5.33. The Kier molecular flexibility index (Phi) is 2.71. The molecule has 0 amide bonds. The summed E-state index contributed by atoms with van der Waals surface area (Å²) in [6.45, 7) is 2.05. The summed E-state index contributed by atoms with van der Waals surface area (Å²) in [5.74, 6) is 1.86. The molecule has 0 unspecified atom stereocenters. The van der Waals surface area contributed by atoms with Crippen molar-refractivity contribution in [2.24, 2.45) is 0 Å². The Balaban J connectivity index is 1.82. The SMILES string of the molecule is c1cc(-c2noc([C@H]3CCCNC3)n2)cs1. The summed E-state index contributed by atoms with van der Waals surface area (Å²) >= 11 is 1.65. The van der Waals surface area contributed by atoms with Gasteiger partial charge in [-0.15, -0.1) is 0 Å². The van der Waals surface area contributed by atoms with E-state index in [1.54, 1.807) is 11.3 Å². The molecule has 1 fully saturated rings. The maximum Gasteiger partial charge on any atom is 0.231 e. The van der Waals surface area contributed by atoms with Gasteiger partial charge < -0.3 is 9.84 Å². The summed E-state index contributed by atoms with van der Waals surface area (Å²) < 4.78 is 5.33. The molecule has 2 aromatic rings. The molecule has 0 aromatic carbocycles. The van der Waals surface area contributed by atoms with Crippen molar-refractivity contribution in [2.75, 3.05) is 13.1 Å². The van der Waals surface area contributed by atoms with E-state index in [4.69, 9.17) is 4.52 Å². The van der Waals surface area contributed by atoms with Gasteiger partial charge in [0.2, 0.25) is 11.7 Å². The van der Waals surface area contributed by atoms with Gasteiger partial charge in [-0.2, -0.15) is 16.3 Å². The molecule has 1 N–H and O–H groups in total. The zero-order valence-electron chi connectivity index (χ0n) is 8.85. The highest BCUT2D eigenvalue weighted by molar-refractivity contribution is 7.08. The molecule has 1 saturated heterocycles. The summed E-state index contributed by atoms with van der Waals surface area (Å²) in [7, 11) is 0. The zero-order valence-corrected chi connectivity index (χ0v) is 9.67. The first-order chi connectivity index (χ1) is 7.93. The van der Waals surface area contributed by atoms with E-state index >= 15 is 0 Å². The van der Waals surface area contributed by atoms with Gasteiger partial charge in [0, 0.05) is 17.5 Å². The molecule has 3 heterocycles. The summed E-state index contributed by atoms with van der Waals surface area (Å²) in [6, 6.07) is 2.01. The summed E-state index contributed by atoms with van der Waals surface area (Å²) in [4.78, 5) is 4.47. The van der Waals surface area contributed by atoms with Crippen molar-refractivity contribution < 1.29 is 4.52 Å². The molecule has 0 spiro atoms. The van der Waals surface area contributed by atoms with E-state index in [0.29, 0.717) is 11.7 Å². The van der Waals surface area contributed by atoms with Crippen LogP contribution in [0.3, 0.4) is 0 Å². The van der Waals surface area contributed by atoms with Crippen molar-refractivity contribution in [3.05, 3.63) is 22.7 Å². The molecule has 3 rings (SSSR count). The predicted octanol–water partition coefficient (Wildman–Crippen LogP) is 2.27. The molecule has 5 heteroatoms. The average Bonchev–Trinajstić information content (AvgIpc) is 3.01. The Morgan fingerprint density at radius 1 is 1.50 bits per heavy atom. The summed E-state index contributed by atoms with van der Waals surface area (Å²) in [5, 5.41) is 11.4. The van der Waals surface area contributed by atoms with E-state index in [9.17, 15) is 0 Å². The van der Waals surface area contributed by atoms with Crippen LogP contribution < -0.4 is 5.32 Å². The van der Waals surface area contributed by atoms with Crippen LogP contribution in [-0.2, 0) is 0 Å². The van der Waals surface area contributed by atoms with Gasteiger partial charge >= 0.3 is 0 Å². The zero-order chi connectivity index (χ0) is 10.8. The fraction of sp³-hybridized carbons (Fsp3) is 0.455. The molecule has 0 bridgehead atoms. The minimum Gasteiger partial charge on any atom is -0.339 e. The first kappa shape index (κ1) is 9.99. The lowest BCUT2D eigenvalue weighted by molar-refractivity contribution is 0.322. The van der Waals surface area contributed by atoms with Crippen molar-refractivity contribution in [1.29, 1.82) is 0 Å². The number of piperidine rings is 1. The van der Waals surface area contributed by atoms with Crippen LogP contribution in [0.5, 0.6) is 0 Å². The second kappa shape index (κ2) is 4.35. The highest BCUT2D eigenvalue weighted by Crippen LogP contribution is 2.25. The maximum absolute atomic E-state index is 5.33. The Bertz CT molecular complexity index is 446. The number of nitrogens with zero attached hydrogens (tertiary/aromatic N) is 2. The number of rotatable bonds is 2. The molecule has 84 valence electrons. The van der Waals surface area contributed by atoms with E-state index < -0.39 is 0 Å². The normalized spacial score (nSPS) is 21.1. The number of thiophene rings is 1. The van der Waals surface area contributed by atoms with Crippen LogP contribution in [0.1, 0.15) is 24.7 Å². The van der Waals surface area contributed by atoms with Crippen LogP contribution in [0.25, 0.3) is 11.4 Å². The van der Waals surface area contributed by atoms with Crippen LogP contribution in [0, 0.1) is 0 Å². The van der Waals surface area contributed by atoms with Crippen LogP contribution in [0.15, 0.2) is 21.3 Å². The van der Waals surface area contributed by atoms with Gasteiger partial charge in [0.25, 0.3) is 0 Å². The highest BCUT2D eigenvalue weighted by Gasteiger charge is 2.21. The third-order valence-corrected chi connectivity index (χ3v) is 3.55. The van der Waals surface area contributed by atoms with E-state index in [-0.39, 0.29) is 0 Å². The first-order valence-corrected chi connectivity index (χ1v) is 6.44. The van der Waals surface area contributed by atoms with Crippen LogP contribution >= 0.6 is 11.3 Å². The Morgan fingerprint density at radius 3 is 3.25 bits per heavy atom. The highest BCUT2D eigenvalue weighted by atomic mass is 32.1. The fourth-order valence-corrected chi connectivity index (χ4v) is 2.61. The summed E-state index contributed by atoms with van der Waals surface area (Å²) in [6.07, 6.45) is 2.32. The number of aromatic nitrogens is 2. The van der Waals surface area contributed by atoms with E-state index in [0.717, 1.165) is 31.0 Å². The first-order valence-electron chi connectivity index (χ1n) is 5.50. The molecule has 4 nitrogen and oxygen atoms in total. The molecule has 1 aliphatic heterocycles. The Morgan fingerprint density at radius 2 is 2.50 bits per heavy atom. The van der Waals surface area contributed by atoms with Crippen LogP contribution in [0.4, 0.5) is 0 Å². The van der Waals surface area contributed by atoms with Crippen molar-refractivity contribution in [1.82, 2.24) is 15.5 Å². The van der Waals surface area contributed by atoms with E-state index in [2.05, 4.69) is 15.5 Å². The van der Waals surface area contributed by atoms with Crippen molar-refractivity contribution in [2.45, 2.75) is 18.8 Å². The largest absolute Gasteiger partial charge is 0.339 e. The van der Waals surface area contributed by atoms with Crippen molar-refractivity contribution >= 4 is 11.3 Å². The minimum atomic E-state index is 0.383. The Labute approximate surface area is 97.7 Å². The van der Waals surface area contributed by atoms with E-state index in [1.807, 2.05) is 16.8 Å². The lowest BCUT2D eigenvalue weighted by atomic mass is 10.00. The van der Waals surface area contributed by atoms with Crippen LogP contribution in [0.2, 0.25) is 0 Å². The van der Waals surface area contributed by atoms with Gasteiger partial charge in [-0.1, -0.05) is 5.16 Å². The Hall–Kier alpha value is -1.20. The number of hydrogen-bond donors (Lipinski definition) is 1. The third kappa shape index (κ3) is 1.88. The van der Waals surface area contributed by atoms with Gasteiger partial charge in [-0.25, -0.2) is 0 Å². The second-order valence-corrected chi connectivity index (χ2v) is 4.79. The van der Waals surface area contributed by atoms with Crippen LogP contribution in [-0.4, -0.2) is 23.2 Å². The molecule has 16 heavy (non-hydrogen) atoms. The smallest absolute Gasteiger partial charge is 0.231 e. The molecule has 2 aromatic heterocycles. The predicted molar refractivity (Wildman–Crippen MR) is 62.5 cm³/mol. The number of hydrogen-bond acceptors (Lipinski definition) is 5. The van der Waals surface area contributed by atoms with Gasteiger partial charge in [0.15, 0.2) is 0 Å². The van der Waals surface area contributed by atoms with Crippen molar-refractivity contribution in [3.8, 4) is 11.4 Å². The molecular weight excluding hydrogens is 222 g/mol. The second-order valence-electron chi connectivity index (χ2n) is 4.01. The molecule has 0 saturated carbocycles. The topological polar surface area (TPSA) is 51.0 Å². The third-order valence-electron chi connectivity index (χ3n) is 2.87. The van der Waals surface area contributed by atoms with Gasteiger partial charge in [-0.3, -0.25) is 0 Å². The lowest BCUT2D eigenvalue weighted by Crippen LogP contribution is -2.28. The monoisotopic (exact) mass is 235 g/mol. The van der Waals surface area contributed by atoms with Gasteiger partial charge in [0.1, 0.15) is 0 Å². The molecule has 0 aliphatic carbocycles. The van der Waals surface area contributed by atoms with Gasteiger partial charge in [-0.05, 0) is 30.8 Å². The molecular formula is C11H13N3OS.